The predicted octanol–water partition coefficient (Wildman–Crippen LogP) is 3.22. The molecule has 0 unspecified atom stereocenters. The van der Waals surface area contributed by atoms with Gasteiger partial charge < -0.3 is 5.11 Å². The van der Waals surface area contributed by atoms with Gasteiger partial charge in [0.15, 0.2) is 0 Å². The molecule has 0 saturated heterocycles. The highest BCUT2D eigenvalue weighted by Crippen LogP contribution is 2.20. The quantitative estimate of drug-likeness (QED) is 0.756. The monoisotopic (exact) mass is 232 g/mol. The summed E-state index contributed by atoms with van der Waals surface area (Å²) >= 11 is 4.06. The molecule has 0 aliphatic carbocycles. The van der Waals surface area contributed by atoms with Crippen molar-refractivity contribution in [2.45, 2.75) is 4.90 Å². The summed E-state index contributed by atoms with van der Waals surface area (Å²) in [6, 6.07) is 7.13. The van der Waals surface area contributed by atoms with Crippen molar-refractivity contribution in [2.24, 2.45) is 0 Å². The molecule has 0 aliphatic heterocycles. The number of carbonyl (C=O) groups is 1. The van der Waals surface area contributed by atoms with Crippen molar-refractivity contribution < 1.29 is 9.90 Å². The molecule has 1 aromatic carbocycles. The molecule has 0 amide bonds. The number of hydrogen-bond donors (Lipinski definition) is 1. The molecule has 1 rings (SSSR count). The Kier molecular flexibility index (Phi) is 2.96. The first-order chi connectivity index (χ1) is 5.18. The van der Waals surface area contributed by atoms with Crippen LogP contribution in [0.3, 0.4) is 0 Å². The lowest BCUT2D eigenvalue weighted by atomic mass is 10.4. The molecule has 4 heteroatoms. The van der Waals surface area contributed by atoms with Gasteiger partial charge in [-0.1, -0.05) is 15.9 Å². The maximum absolute atomic E-state index is 10.2. The summed E-state index contributed by atoms with van der Waals surface area (Å²) < 4.78 is 0.951. The van der Waals surface area contributed by atoms with E-state index in [0.29, 0.717) is 0 Å². The van der Waals surface area contributed by atoms with E-state index in [1.807, 2.05) is 12.1 Å². The van der Waals surface area contributed by atoms with Crippen LogP contribution in [-0.4, -0.2) is 10.4 Å². The summed E-state index contributed by atoms with van der Waals surface area (Å²) in [7, 11) is 0. The van der Waals surface area contributed by atoms with E-state index in [9.17, 15) is 4.79 Å². The van der Waals surface area contributed by atoms with Crippen LogP contribution in [0.25, 0.3) is 0 Å². The molecule has 11 heavy (non-hydrogen) atoms. The highest BCUT2D eigenvalue weighted by molar-refractivity contribution is 9.10. The minimum atomic E-state index is -0.882. The van der Waals surface area contributed by atoms with Crippen LogP contribution in [0.4, 0.5) is 4.79 Å². The summed E-state index contributed by atoms with van der Waals surface area (Å²) in [5, 5.41) is 7.51. The fraction of sp³-hybridized carbons (Fsp3) is 0. The highest BCUT2D eigenvalue weighted by atomic mass is 79.9. The third-order valence-corrected chi connectivity index (χ3v) is 2.23. The van der Waals surface area contributed by atoms with E-state index >= 15 is 0 Å². The van der Waals surface area contributed by atoms with Gasteiger partial charge in [-0.2, -0.15) is 0 Å². The zero-order valence-corrected chi connectivity index (χ0v) is 7.85. The van der Waals surface area contributed by atoms with Crippen molar-refractivity contribution in [2.75, 3.05) is 0 Å². The summed E-state index contributed by atoms with van der Waals surface area (Å²) in [6.07, 6.45) is 0. The standard InChI is InChI=1S/C7H5BrO2S/c8-5-1-3-6(4-2-5)11-7(9)10/h1-4H,(H,9,10). The smallest absolute Gasteiger partial charge is 0.369 e. The average Bonchev–Trinajstić information content (AvgIpc) is 1.93. The molecule has 0 fully saturated rings. The maximum Gasteiger partial charge on any atom is 0.369 e. The van der Waals surface area contributed by atoms with E-state index in [1.165, 1.54) is 0 Å². The number of hydrogen-bond acceptors (Lipinski definition) is 2. The van der Waals surface area contributed by atoms with Crippen LogP contribution in [0.15, 0.2) is 33.6 Å². The largest absolute Gasteiger partial charge is 0.473 e. The van der Waals surface area contributed by atoms with E-state index in [4.69, 9.17) is 5.11 Å². The summed E-state index contributed by atoms with van der Waals surface area (Å²) in [5.41, 5.74) is 0. The molecular formula is C7H5BrO2S. The van der Waals surface area contributed by atoms with Gasteiger partial charge in [0.25, 0.3) is 0 Å². The number of thioether (sulfide) groups is 1. The molecule has 1 N–H and O–H groups in total. The predicted molar refractivity (Wildman–Crippen MR) is 48.0 cm³/mol. The van der Waals surface area contributed by atoms with Crippen molar-refractivity contribution in [3.8, 4) is 0 Å². The molecule has 58 valence electrons. The van der Waals surface area contributed by atoms with Crippen molar-refractivity contribution >= 4 is 33.0 Å². The third kappa shape index (κ3) is 2.95. The fourth-order valence-electron chi connectivity index (χ4n) is 0.603. The Morgan fingerprint density at radius 2 is 1.91 bits per heavy atom. The molecule has 2 nitrogen and oxygen atoms in total. The van der Waals surface area contributed by atoms with Crippen molar-refractivity contribution in [1.82, 2.24) is 0 Å². The normalized spacial score (nSPS) is 9.55. The van der Waals surface area contributed by atoms with Crippen LogP contribution < -0.4 is 0 Å². The van der Waals surface area contributed by atoms with Crippen LogP contribution in [-0.2, 0) is 0 Å². The molecule has 1 aromatic rings. The first kappa shape index (κ1) is 8.62. The first-order valence-electron chi connectivity index (χ1n) is 2.85. The minimum Gasteiger partial charge on any atom is -0.473 e. The van der Waals surface area contributed by atoms with Gasteiger partial charge in [0, 0.05) is 9.37 Å². The second-order valence-electron chi connectivity index (χ2n) is 1.82. The Morgan fingerprint density at radius 1 is 1.36 bits per heavy atom. The van der Waals surface area contributed by atoms with Crippen molar-refractivity contribution in [3.05, 3.63) is 28.7 Å². The Labute approximate surface area is 76.7 Å². The molecule has 0 radical (unpaired) electrons. The lowest BCUT2D eigenvalue weighted by Crippen LogP contribution is -1.81. The third-order valence-electron chi connectivity index (χ3n) is 1.02. The average molecular weight is 233 g/mol. The van der Waals surface area contributed by atoms with Crippen LogP contribution in [0.5, 0.6) is 0 Å². The van der Waals surface area contributed by atoms with Gasteiger partial charge in [0.05, 0.1) is 0 Å². The fourth-order valence-corrected chi connectivity index (χ4v) is 1.34. The van der Waals surface area contributed by atoms with E-state index < -0.39 is 5.30 Å². The molecule has 0 heterocycles. The summed E-state index contributed by atoms with van der Waals surface area (Å²) in [5.74, 6) is 0. The van der Waals surface area contributed by atoms with Crippen LogP contribution in [0, 0.1) is 0 Å². The zero-order chi connectivity index (χ0) is 8.27. The molecule has 0 bridgehead atoms. The van der Waals surface area contributed by atoms with Crippen molar-refractivity contribution in [1.29, 1.82) is 0 Å². The van der Waals surface area contributed by atoms with Gasteiger partial charge in [-0.3, -0.25) is 0 Å². The topological polar surface area (TPSA) is 37.3 Å². The Bertz CT molecular complexity index is 258. The Balaban J connectivity index is 2.74. The molecule has 0 aromatic heterocycles. The summed E-state index contributed by atoms with van der Waals surface area (Å²) in [4.78, 5) is 10.9. The van der Waals surface area contributed by atoms with Gasteiger partial charge >= 0.3 is 5.30 Å². The van der Waals surface area contributed by atoms with Gasteiger partial charge in [-0.15, -0.1) is 0 Å². The molecule has 0 atom stereocenters. The van der Waals surface area contributed by atoms with Gasteiger partial charge in [0.2, 0.25) is 0 Å². The molecule has 0 aliphatic rings. The zero-order valence-electron chi connectivity index (χ0n) is 5.45. The van der Waals surface area contributed by atoms with Crippen LogP contribution in [0.1, 0.15) is 0 Å². The second kappa shape index (κ2) is 3.78. The van der Waals surface area contributed by atoms with E-state index in [2.05, 4.69) is 15.9 Å². The first-order valence-corrected chi connectivity index (χ1v) is 4.46. The number of carboxylic acid groups (broad SMARTS) is 1. The number of benzene rings is 1. The number of halogens is 1. The minimum absolute atomic E-state index is 0.737. The van der Waals surface area contributed by atoms with Gasteiger partial charge in [0.1, 0.15) is 0 Å². The Morgan fingerprint density at radius 3 is 2.36 bits per heavy atom. The van der Waals surface area contributed by atoms with Gasteiger partial charge in [-0.25, -0.2) is 4.79 Å². The molecule has 0 spiro atoms. The SMILES string of the molecule is O=C(O)Sc1ccc(Br)cc1. The molecule has 0 saturated carbocycles. The molecular weight excluding hydrogens is 228 g/mol. The Hall–Kier alpha value is -0.480. The van der Waals surface area contributed by atoms with E-state index in [1.54, 1.807) is 12.1 Å². The summed E-state index contributed by atoms with van der Waals surface area (Å²) in [6.45, 7) is 0. The van der Waals surface area contributed by atoms with Gasteiger partial charge in [-0.05, 0) is 36.0 Å². The maximum atomic E-state index is 10.2. The van der Waals surface area contributed by atoms with Crippen LogP contribution >= 0.6 is 27.7 Å². The van der Waals surface area contributed by atoms with Crippen molar-refractivity contribution in [3.63, 3.8) is 0 Å². The highest BCUT2D eigenvalue weighted by Gasteiger charge is 1.99. The van der Waals surface area contributed by atoms with Crippen LogP contribution in [0.2, 0.25) is 0 Å². The van der Waals surface area contributed by atoms with E-state index in [0.717, 1.165) is 21.1 Å². The number of rotatable bonds is 1. The second-order valence-corrected chi connectivity index (χ2v) is 3.76. The van der Waals surface area contributed by atoms with E-state index in [-0.39, 0.29) is 0 Å². The lowest BCUT2D eigenvalue weighted by Gasteiger charge is -1.94. The lowest BCUT2D eigenvalue weighted by molar-refractivity contribution is 0.222.